The molecule has 3 heteroatoms. The van der Waals surface area contributed by atoms with E-state index in [4.69, 9.17) is 11.6 Å². The predicted molar refractivity (Wildman–Crippen MR) is 55.0 cm³/mol. The van der Waals surface area contributed by atoms with E-state index in [0.29, 0.717) is 6.67 Å². The third-order valence-electron chi connectivity index (χ3n) is 2.07. The van der Waals surface area contributed by atoms with E-state index < -0.39 is 0 Å². The highest BCUT2D eigenvalue weighted by molar-refractivity contribution is 6.28. The van der Waals surface area contributed by atoms with Crippen LogP contribution in [0.15, 0.2) is 35.3 Å². The first-order valence-electron chi connectivity index (χ1n) is 4.28. The second-order valence-electron chi connectivity index (χ2n) is 3.08. The first-order valence-corrected chi connectivity index (χ1v) is 4.72. The zero-order valence-electron chi connectivity index (χ0n) is 7.23. The Balaban J connectivity index is 1.99. The number of rotatable bonds is 2. The van der Waals surface area contributed by atoms with Crippen LogP contribution in [0.3, 0.4) is 0 Å². The van der Waals surface area contributed by atoms with E-state index in [9.17, 15) is 0 Å². The van der Waals surface area contributed by atoms with Crippen molar-refractivity contribution in [2.75, 3.05) is 6.67 Å². The highest BCUT2D eigenvalue weighted by atomic mass is 35.5. The van der Waals surface area contributed by atoms with E-state index >= 15 is 0 Å². The fraction of sp³-hybridized carbons (Fsp3) is 0.300. The van der Waals surface area contributed by atoms with Gasteiger partial charge in [-0.3, -0.25) is 9.89 Å². The lowest BCUT2D eigenvalue weighted by atomic mass is 10.2. The van der Waals surface area contributed by atoms with E-state index in [1.807, 2.05) is 18.2 Å². The topological polar surface area (TPSA) is 15.6 Å². The van der Waals surface area contributed by atoms with Crippen LogP contribution in [0.4, 0.5) is 0 Å². The molecule has 1 aromatic carbocycles. The third-order valence-corrected chi connectivity index (χ3v) is 2.46. The van der Waals surface area contributed by atoms with E-state index in [2.05, 4.69) is 22.0 Å². The van der Waals surface area contributed by atoms with Crippen molar-refractivity contribution in [3.63, 3.8) is 0 Å². The maximum absolute atomic E-state index is 6.00. The molecular formula is C10H11ClN2. The SMILES string of the molecule is ClC1C=NCN1Cc1ccccc1. The zero-order chi connectivity index (χ0) is 9.10. The molecule has 0 amide bonds. The Hall–Kier alpha value is -0.860. The largest absolute Gasteiger partial charge is 0.279 e. The quantitative estimate of drug-likeness (QED) is 0.520. The minimum absolute atomic E-state index is 0.0415. The highest BCUT2D eigenvalue weighted by Crippen LogP contribution is 2.13. The van der Waals surface area contributed by atoms with Crippen LogP contribution in [-0.2, 0) is 6.54 Å². The Bertz CT molecular complexity index is 297. The molecule has 1 atom stereocenters. The molecule has 13 heavy (non-hydrogen) atoms. The lowest BCUT2D eigenvalue weighted by Crippen LogP contribution is -2.26. The molecular weight excluding hydrogens is 184 g/mol. The first kappa shape index (κ1) is 8.73. The molecule has 0 aromatic heterocycles. The van der Waals surface area contributed by atoms with Crippen LogP contribution in [0.2, 0.25) is 0 Å². The van der Waals surface area contributed by atoms with Gasteiger partial charge in [-0.15, -0.1) is 0 Å². The zero-order valence-corrected chi connectivity index (χ0v) is 7.98. The summed E-state index contributed by atoms with van der Waals surface area (Å²) in [4.78, 5) is 6.22. The van der Waals surface area contributed by atoms with Crippen LogP contribution in [0.5, 0.6) is 0 Å². The van der Waals surface area contributed by atoms with Gasteiger partial charge >= 0.3 is 0 Å². The van der Waals surface area contributed by atoms with Gasteiger partial charge in [0.15, 0.2) is 0 Å². The van der Waals surface area contributed by atoms with Crippen molar-refractivity contribution in [3.05, 3.63) is 35.9 Å². The molecule has 68 valence electrons. The summed E-state index contributed by atoms with van der Waals surface area (Å²) in [5, 5.41) is 0. The lowest BCUT2D eigenvalue weighted by molar-refractivity contribution is 0.313. The van der Waals surface area contributed by atoms with Crippen LogP contribution in [0.25, 0.3) is 0 Å². The normalized spacial score (nSPS) is 22.4. The Morgan fingerprint density at radius 1 is 1.38 bits per heavy atom. The molecule has 0 saturated heterocycles. The summed E-state index contributed by atoms with van der Waals surface area (Å²) >= 11 is 6.00. The fourth-order valence-electron chi connectivity index (χ4n) is 1.37. The number of nitrogens with zero attached hydrogens (tertiary/aromatic N) is 2. The van der Waals surface area contributed by atoms with Crippen molar-refractivity contribution in [3.8, 4) is 0 Å². The van der Waals surface area contributed by atoms with Gasteiger partial charge in [0, 0.05) is 12.8 Å². The summed E-state index contributed by atoms with van der Waals surface area (Å²) < 4.78 is 0. The minimum Gasteiger partial charge on any atom is -0.279 e. The summed E-state index contributed by atoms with van der Waals surface area (Å²) in [5.41, 5.74) is 1.24. The van der Waals surface area contributed by atoms with Crippen molar-refractivity contribution in [2.45, 2.75) is 12.0 Å². The highest BCUT2D eigenvalue weighted by Gasteiger charge is 2.17. The van der Waals surface area contributed by atoms with E-state index in [0.717, 1.165) is 6.54 Å². The van der Waals surface area contributed by atoms with Gasteiger partial charge in [0.1, 0.15) is 5.50 Å². The van der Waals surface area contributed by atoms with Crippen LogP contribution in [-0.4, -0.2) is 23.3 Å². The lowest BCUT2D eigenvalue weighted by Gasteiger charge is -2.17. The van der Waals surface area contributed by atoms with Crippen LogP contribution < -0.4 is 0 Å². The maximum atomic E-state index is 6.00. The predicted octanol–water partition coefficient (Wildman–Crippen LogP) is 2.10. The molecule has 0 radical (unpaired) electrons. The van der Waals surface area contributed by atoms with Gasteiger partial charge in [-0.25, -0.2) is 0 Å². The van der Waals surface area contributed by atoms with Crippen LogP contribution in [0.1, 0.15) is 5.56 Å². The Morgan fingerprint density at radius 2 is 2.15 bits per heavy atom. The van der Waals surface area contributed by atoms with Crippen molar-refractivity contribution < 1.29 is 0 Å². The Labute approximate surface area is 82.8 Å². The second kappa shape index (κ2) is 3.90. The number of hydrogen-bond acceptors (Lipinski definition) is 2. The van der Waals surface area contributed by atoms with Crippen molar-refractivity contribution in [1.29, 1.82) is 0 Å². The molecule has 1 aliphatic rings. The van der Waals surface area contributed by atoms with Gasteiger partial charge in [0.25, 0.3) is 0 Å². The van der Waals surface area contributed by atoms with Crippen LogP contribution in [0, 0.1) is 0 Å². The molecule has 2 nitrogen and oxygen atoms in total. The Morgan fingerprint density at radius 3 is 2.77 bits per heavy atom. The summed E-state index contributed by atoms with van der Waals surface area (Å²) in [6, 6.07) is 10.3. The summed E-state index contributed by atoms with van der Waals surface area (Å²) in [6.07, 6.45) is 1.78. The Kier molecular flexibility index (Phi) is 2.62. The summed E-state index contributed by atoms with van der Waals surface area (Å²) in [5.74, 6) is 0. The molecule has 1 aromatic rings. The third kappa shape index (κ3) is 2.08. The number of benzene rings is 1. The second-order valence-corrected chi connectivity index (χ2v) is 3.53. The smallest absolute Gasteiger partial charge is 0.122 e. The fourth-order valence-corrected chi connectivity index (χ4v) is 1.58. The molecule has 2 rings (SSSR count). The van der Waals surface area contributed by atoms with Gasteiger partial charge in [0.05, 0.1) is 6.67 Å². The molecule has 0 aliphatic carbocycles. The average Bonchev–Trinajstić information content (AvgIpc) is 2.54. The van der Waals surface area contributed by atoms with Gasteiger partial charge in [-0.05, 0) is 5.56 Å². The summed E-state index contributed by atoms with van der Waals surface area (Å²) in [7, 11) is 0. The minimum atomic E-state index is -0.0415. The van der Waals surface area contributed by atoms with E-state index in [1.54, 1.807) is 6.21 Å². The van der Waals surface area contributed by atoms with Gasteiger partial charge in [-0.2, -0.15) is 0 Å². The molecule has 0 saturated carbocycles. The number of alkyl halides is 1. The standard InChI is InChI=1S/C10H11ClN2/c11-10-6-12-8-13(10)7-9-4-2-1-3-5-9/h1-6,10H,7-8H2. The van der Waals surface area contributed by atoms with E-state index in [-0.39, 0.29) is 5.50 Å². The summed E-state index contributed by atoms with van der Waals surface area (Å²) in [6.45, 7) is 1.58. The van der Waals surface area contributed by atoms with E-state index in [1.165, 1.54) is 5.56 Å². The maximum Gasteiger partial charge on any atom is 0.122 e. The van der Waals surface area contributed by atoms with Crippen molar-refractivity contribution in [1.82, 2.24) is 4.90 Å². The number of hydrogen-bond donors (Lipinski definition) is 0. The monoisotopic (exact) mass is 194 g/mol. The average molecular weight is 195 g/mol. The molecule has 0 N–H and O–H groups in total. The van der Waals surface area contributed by atoms with Crippen molar-refractivity contribution >= 4 is 17.8 Å². The number of halogens is 1. The van der Waals surface area contributed by atoms with Crippen LogP contribution >= 0.6 is 11.6 Å². The molecule has 0 bridgehead atoms. The molecule has 0 fully saturated rings. The first-order chi connectivity index (χ1) is 6.36. The van der Waals surface area contributed by atoms with Gasteiger partial charge < -0.3 is 0 Å². The number of aliphatic imine (C=N–C) groups is 1. The van der Waals surface area contributed by atoms with Gasteiger partial charge in [-0.1, -0.05) is 41.9 Å². The molecule has 1 unspecified atom stereocenters. The molecule has 0 spiro atoms. The van der Waals surface area contributed by atoms with Gasteiger partial charge in [0.2, 0.25) is 0 Å². The molecule has 1 aliphatic heterocycles. The molecule has 1 heterocycles. The van der Waals surface area contributed by atoms with Crippen molar-refractivity contribution in [2.24, 2.45) is 4.99 Å².